The van der Waals surface area contributed by atoms with E-state index in [2.05, 4.69) is 27.3 Å². The maximum absolute atomic E-state index is 13.5. The summed E-state index contributed by atoms with van der Waals surface area (Å²) in [6, 6.07) is 23.3. The summed E-state index contributed by atoms with van der Waals surface area (Å²) >= 11 is 1.33. The van der Waals surface area contributed by atoms with E-state index >= 15 is 0 Å². The fraction of sp³-hybridized carbons (Fsp3) is 0.200. The van der Waals surface area contributed by atoms with Gasteiger partial charge in [-0.1, -0.05) is 59.9 Å². The highest BCUT2D eigenvalue weighted by atomic mass is 32.1. The molecule has 1 amide bonds. The second kappa shape index (κ2) is 10.8. The number of carbonyl (C=O) groups excluding carboxylic acids is 2. The molecule has 8 nitrogen and oxygen atoms in total. The highest BCUT2D eigenvalue weighted by Crippen LogP contribution is 2.31. The number of nitrogens with one attached hydrogen (secondary N) is 1. The van der Waals surface area contributed by atoms with E-state index in [0.717, 1.165) is 51.9 Å². The molecular weight excluding hydrogens is 512 g/mol. The van der Waals surface area contributed by atoms with Crippen molar-refractivity contribution in [2.75, 3.05) is 25.6 Å². The summed E-state index contributed by atoms with van der Waals surface area (Å²) in [5, 5.41) is 3.90. The molecule has 5 aromatic rings. The average Bonchev–Trinajstić information content (AvgIpc) is 3.36. The van der Waals surface area contributed by atoms with Crippen LogP contribution in [0.25, 0.3) is 21.1 Å². The minimum absolute atomic E-state index is 0.419. The third-order valence-corrected chi connectivity index (χ3v) is 7.69. The summed E-state index contributed by atoms with van der Waals surface area (Å²) in [4.78, 5) is 37.8. The number of methoxy groups -OCH3 is 1. The average molecular weight is 539 g/mol. The number of aromatic nitrogens is 2. The molecule has 3 aromatic carbocycles. The van der Waals surface area contributed by atoms with Gasteiger partial charge in [-0.3, -0.25) is 20.0 Å². The summed E-state index contributed by atoms with van der Waals surface area (Å²) in [6.07, 6.45) is 0.732. The maximum Gasteiger partial charge on any atom is 0.339 e. The SMILES string of the molecule is COc1ccc2nc(NC(=O)COC(=O)c3c4c(nc5ccccc35)CCN(Cc3ccccc3)C4)sc2c1. The zero-order valence-electron chi connectivity index (χ0n) is 21.3. The first-order valence-electron chi connectivity index (χ1n) is 12.7. The molecule has 0 saturated carbocycles. The molecule has 0 atom stereocenters. The number of anilines is 1. The lowest BCUT2D eigenvalue weighted by Gasteiger charge is -2.30. The van der Waals surface area contributed by atoms with Gasteiger partial charge in [0.2, 0.25) is 0 Å². The number of benzene rings is 3. The second-order valence-electron chi connectivity index (χ2n) is 9.35. The standard InChI is InChI=1S/C30H26N4O4S/c1-37-20-11-12-25-26(15-20)39-30(32-25)33-27(35)18-38-29(36)28-21-9-5-6-10-23(21)31-24-13-14-34(17-22(24)28)16-19-7-3-2-4-8-19/h2-12,15H,13-14,16-18H2,1H3,(H,32,33,35). The highest BCUT2D eigenvalue weighted by Gasteiger charge is 2.27. The molecule has 0 bridgehead atoms. The van der Waals surface area contributed by atoms with Gasteiger partial charge in [-0.2, -0.15) is 0 Å². The van der Waals surface area contributed by atoms with Crippen molar-refractivity contribution in [1.29, 1.82) is 0 Å². The first kappa shape index (κ1) is 25.0. The first-order valence-corrected chi connectivity index (χ1v) is 13.5. The number of thiazole rings is 1. The minimum Gasteiger partial charge on any atom is -0.497 e. The van der Waals surface area contributed by atoms with Crippen molar-refractivity contribution in [3.63, 3.8) is 0 Å². The van der Waals surface area contributed by atoms with Gasteiger partial charge >= 0.3 is 5.97 Å². The van der Waals surface area contributed by atoms with Gasteiger partial charge in [0.15, 0.2) is 11.7 Å². The molecule has 0 aliphatic carbocycles. The van der Waals surface area contributed by atoms with Gasteiger partial charge in [0.05, 0.1) is 28.4 Å². The van der Waals surface area contributed by atoms with Crippen molar-refractivity contribution in [2.24, 2.45) is 0 Å². The van der Waals surface area contributed by atoms with Crippen LogP contribution in [-0.2, 0) is 29.0 Å². The Balaban J connectivity index is 1.20. The third-order valence-electron chi connectivity index (χ3n) is 6.75. The van der Waals surface area contributed by atoms with Crippen molar-refractivity contribution in [1.82, 2.24) is 14.9 Å². The molecule has 2 aromatic heterocycles. The summed E-state index contributed by atoms with van der Waals surface area (Å²) < 4.78 is 11.7. The number of hydrogen-bond acceptors (Lipinski definition) is 8. The van der Waals surface area contributed by atoms with Crippen molar-refractivity contribution in [3.05, 3.63) is 95.2 Å². The molecule has 39 heavy (non-hydrogen) atoms. The van der Waals surface area contributed by atoms with Crippen LogP contribution in [0.1, 0.15) is 27.2 Å². The van der Waals surface area contributed by atoms with E-state index in [1.54, 1.807) is 7.11 Å². The zero-order valence-corrected chi connectivity index (χ0v) is 22.2. The van der Waals surface area contributed by atoms with Crippen LogP contribution in [-0.4, -0.2) is 47.0 Å². The van der Waals surface area contributed by atoms with Gasteiger partial charge in [0, 0.05) is 42.7 Å². The molecule has 1 aliphatic rings. The largest absolute Gasteiger partial charge is 0.497 e. The third kappa shape index (κ3) is 5.32. The van der Waals surface area contributed by atoms with Crippen molar-refractivity contribution >= 4 is 49.5 Å². The van der Waals surface area contributed by atoms with Crippen LogP contribution in [0.5, 0.6) is 5.75 Å². The summed E-state index contributed by atoms with van der Waals surface area (Å²) in [5.41, 5.74) is 4.95. The molecule has 0 fully saturated rings. The van der Waals surface area contributed by atoms with Crippen LogP contribution >= 0.6 is 11.3 Å². The predicted molar refractivity (Wildman–Crippen MR) is 151 cm³/mol. The predicted octanol–water partition coefficient (Wildman–Crippen LogP) is 5.21. The molecule has 0 saturated heterocycles. The normalized spacial score (nSPS) is 13.3. The number of amides is 1. The maximum atomic E-state index is 13.5. The Kier molecular flexibility index (Phi) is 6.91. The van der Waals surface area contributed by atoms with Gasteiger partial charge < -0.3 is 9.47 Å². The van der Waals surface area contributed by atoms with E-state index < -0.39 is 18.5 Å². The van der Waals surface area contributed by atoms with Crippen LogP contribution in [0.2, 0.25) is 0 Å². The Morgan fingerprint density at radius 1 is 1.00 bits per heavy atom. The Morgan fingerprint density at radius 3 is 2.67 bits per heavy atom. The number of rotatable bonds is 7. The molecule has 9 heteroatoms. The van der Waals surface area contributed by atoms with Crippen LogP contribution in [0, 0.1) is 0 Å². The molecule has 0 spiro atoms. The number of hydrogen-bond donors (Lipinski definition) is 1. The number of fused-ring (bicyclic) bond motifs is 3. The van der Waals surface area contributed by atoms with E-state index in [1.807, 2.05) is 60.7 Å². The van der Waals surface area contributed by atoms with E-state index in [9.17, 15) is 9.59 Å². The molecule has 196 valence electrons. The monoisotopic (exact) mass is 538 g/mol. The lowest BCUT2D eigenvalue weighted by Crippen LogP contribution is -2.32. The fourth-order valence-corrected chi connectivity index (χ4v) is 5.81. The number of ether oxygens (including phenoxy) is 2. The van der Waals surface area contributed by atoms with Crippen LogP contribution in [0.15, 0.2) is 72.8 Å². The molecule has 6 rings (SSSR count). The Morgan fingerprint density at radius 2 is 1.82 bits per heavy atom. The number of pyridine rings is 1. The first-order chi connectivity index (χ1) is 19.1. The van der Waals surface area contributed by atoms with Crippen molar-refractivity contribution in [2.45, 2.75) is 19.5 Å². The van der Waals surface area contributed by atoms with Crippen LogP contribution in [0.4, 0.5) is 5.13 Å². The lowest BCUT2D eigenvalue weighted by atomic mass is 9.95. The number of esters is 1. The van der Waals surface area contributed by atoms with E-state index in [-0.39, 0.29) is 0 Å². The fourth-order valence-electron chi connectivity index (χ4n) is 4.90. The van der Waals surface area contributed by atoms with Crippen molar-refractivity contribution in [3.8, 4) is 5.75 Å². The lowest BCUT2D eigenvalue weighted by molar-refractivity contribution is -0.119. The number of nitrogens with zero attached hydrogens (tertiary/aromatic N) is 3. The molecular formula is C30H26N4O4S. The molecule has 1 N–H and O–H groups in total. The molecule has 3 heterocycles. The van der Waals surface area contributed by atoms with Crippen LogP contribution < -0.4 is 10.1 Å². The summed E-state index contributed by atoms with van der Waals surface area (Å²) in [5.74, 6) is -0.267. The van der Waals surface area contributed by atoms with Gasteiger partial charge in [-0.25, -0.2) is 9.78 Å². The molecule has 0 unspecified atom stereocenters. The van der Waals surface area contributed by atoms with E-state index in [4.69, 9.17) is 14.5 Å². The topological polar surface area (TPSA) is 93.7 Å². The Hall–Kier alpha value is -4.34. The quantitative estimate of drug-likeness (QED) is 0.285. The Bertz CT molecular complexity index is 1690. The minimum atomic E-state index is -0.532. The van der Waals surface area contributed by atoms with Gasteiger partial charge in [0.1, 0.15) is 5.75 Å². The smallest absolute Gasteiger partial charge is 0.339 e. The van der Waals surface area contributed by atoms with Crippen molar-refractivity contribution < 1.29 is 19.1 Å². The van der Waals surface area contributed by atoms with Gasteiger partial charge in [-0.05, 0) is 29.8 Å². The summed E-state index contributed by atoms with van der Waals surface area (Å²) in [7, 11) is 1.60. The Labute approximate surface area is 229 Å². The molecule has 1 aliphatic heterocycles. The van der Waals surface area contributed by atoms with E-state index in [1.165, 1.54) is 16.9 Å². The van der Waals surface area contributed by atoms with E-state index in [0.29, 0.717) is 23.0 Å². The highest BCUT2D eigenvalue weighted by molar-refractivity contribution is 7.22. The molecule has 0 radical (unpaired) electrons. The van der Waals surface area contributed by atoms with Gasteiger partial charge in [0.25, 0.3) is 5.91 Å². The summed E-state index contributed by atoms with van der Waals surface area (Å²) in [6.45, 7) is 1.78. The number of carbonyl (C=O) groups is 2. The zero-order chi connectivity index (χ0) is 26.8. The van der Waals surface area contributed by atoms with Crippen LogP contribution in [0.3, 0.4) is 0 Å². The van der Waals surface area contributed by atoms with Gasteiger partial charge in [-0.15, -0.1) is 0 Å². The second-order valence-corrected chi connectivity index (χ2v) is 10.4. The number of para-hydroxylation sites is 1.